The highest BCUT2D eigenvalue weighted by atomic mass is 35.5. The van der Waals surface area contributed by atoms with Crippen molar-refractivity contribution >= 4 is 23.3 Å². The van der Waals surface area contributed by atoms with Crippen LogP contribution in [0.2, 0.25) is 5.02 Å². The summed E-state index contributed by atoms with van der Waals surface area (Å²) in [6, 6.07) is 7.29. The number of halogens is 1. The zero-order valence-corrected chi connectivity index (χ0v) is 15.4. The smallest absolute Gasteiger partial charge is 0.324 e. The normalized spacial score (nSPS) is 18.2. The van der Waals surface area contributed by atoms with Crippen molar-refractivity contribution in [1.29, 1.82) is 0 Å². The zero-order valence-electron chi connectivity index (χ0n) is 14.7. The van der Waals surface area contributed by atoms with Gasteiger partial charge in [0.15, 0.2) is 0 Å². The Bertz CT molecular complexity index is 861. The predicted octanol–water partition coefficient (Wildman–Crippen LogP) is 2.98. The van der Waals surface area contributed by atoms with Crippen molar-refractivity contribution in [2.24, 2.45) is 7.05 Å². The summed E-state index contributed by atoms with van der Waals surface area (Å²) in [5.41, 5.74) is 0.708. The molecular formula is C18H22ClN5O2. The fourth-order valence-corrected chi connectivity index (χ4v) is 3.66. The molecular weight excluding hydrogens is 354 g/mol. The molecule has 0 atom stereocenters. The molecule has 1 N–H and O–H groups in total. The third-order valence-electron chi connectivity index (χ3n) is 5.14. The number of hydrogen-bond donors (Lipinski definition) is 1. The molecule has 7 nitrogen and oxygen atoms in total. The van der Waals surface area contributed by atoms with Gasteiger partial charge < -0.3 is 10.2 Å². The number of nitrogens with one attached hydrogen (secondary N) is 1. The third-order valence-corrected chi connectivity index (χ3v) is 5.39. The highest BCUT2D eigenvalue weighted by Crippen LogP contribution is 2.37. The maximum absolute atomic E-state index is 12.4. The molecule has 0 spiro atoms. The summed E-state index contributed by atoms with van der Waals surface area (Å²) in [6.45, 7) is 1.30. The number of aryl methyl sites for hydroxylation is 1. The van der Waals surface area contributed by atoms with Gasteiger partial charge >= 0.3 is 11.7 Å². The fraction of sp³-hybridized carbons (Fsp3) is 0.500. The number of hydrogen-bond acceptors (Lipinski definition) is 3. The van der Waals surface area contributed by atoms with E-state index in [2.05, 4.69) is 10.4 Å². The van der Waals surface area contributed by atoms with E-state index >= 15 is 0 Å². The van der Waals surface area contributed by atoms with Crippen LogP contribution in [0.5, 0.6) is 0 Å². The predicted molar refractivity (Wildman–Crippen MR) is 99.8 cm³/mol. The molecule has 2 aromatic rings. The molecule has 0 bridgehead atoms. The van der Waals surface area contributed by atoms with Crippen molar-refractivity contribution in [2.45, 2.75) is 37.6 Å². The van der Waals surface area contributed by atoms with E-state index in [4.69, 9.17) is 11.6 Å². The summed E-state index contributed by atoms with van der Waals surface area (Å²) in [4.78, 5) is 26.6. The van der Waals surface area contributed by atoms with Crippen molar-refractivity contribution < 1.29 is 4.79 Å². The lowest BCUT2D eigenvalue weighted by molar-refractivity contribution is 0.192. The van der Waals surface area contributed by atoms with Gasteiger partial charge in [-0.15, -0.1) is 0 Å². The number of anilines is 1. The van der Waals surface area contributed by atoms with E-state index in [1.54, 1.807) is 31.3 Å². The van der Waals surface area contributed by atoms with Crippen LogP contribution in [0.25, 0.3) is 0 Å². The second-order valence-corrected chi connectivity index (χ2v) is 7.50. The van der Waals surface area contributed by atoms with Crippen molar-refractivity contribution in [3.63, 3.8) is 0 Å². The number of carbonyl (C=O) groups excluding carboxylic acids is 1. The number of carbonyl (C=O) groups is 1. The molecule has 2 aliphatic rings. The summed E-state index contributed by atoms with van der Waals surface area (Å²) in [5.74, 6) is 1.11. The maximum Gasteiger partial charge on any atom is 0.345 e. The Morgan fingerprint density at radius 3 is 2.42 bits per heavy atom. The Hall–Kier alpha value is -2.28. The molecule has 1 aliphatic carbocycles. The molecule has 8 heteroatoms. The molecule has 2 fully saturated rings. The number of amides is 2. The average molecular weight is 376 g/mol. The summed E-state index contributed by atoms with van der Waals surface area (Å²) in [5, 5.41) is 8.02. The van der Waals surface area contributed by atoms with Crippen LogP contribution in [-0.2, 0) is 7.05 Å². The number of benzene rings is 1. The van der Waals surface area contributed by atoms with Crippen LogP contribution < -0.4 is 11.0 Å². The van der Waals surface area contributed by atoms with Gasteiger partial charge in [-0.1, -0.05) is 11.6 Å². The van der Waals surface area contributed by atoms with Gasteiger partial charge in [0, 0.05) is 42.8 Å². The molecule has 4 rings (SSSR count). The van der Waals surface area contributed by atoms with Crippen LogP contribution in [0.4, 0.5) is 10.5 Å². The minimum atomic E-state index is -0.105. The first-order valence-corrected chi connectivity index (χ1v) is 9.37. The molecule has 1 saturated carbocycles. The van der Waals surface area contributed by atoms with E-state index < -0.39 is 0 Å². The standard InChI is InChI=1S/C18H22ClN5O2/c1-22-18(26)24(15-6-7-15)16(21-22)12-8-10-23(11-9-12)17(25)20-14-4-2-13(19)3-5-14/h2-5,12,15H,6-11H2,1H3,(H,20,25). The number of rotatable bonds is 3. The van der Waals surface area contributed by atoms with Gasteiger partial charge in [0.2, 0.25) is 0 Å². The third kappa shape index (κ3) is 3.35. The molecule has 138 valence electrons. The average Bonchev–Trinajstić information content (AvgIpc) is 3.43. The molecule has 0 radical (unpaired) electrons. The Morgan fingerprint density at radius 2 is 1.81 bits per heavy atom. The summed E-state index contributed by atoms with van der Waals surface area (Å²) in [6.07, 6.45) is 3.75. The SMILES string of the molecule is Cn1nc(C2CCN(C(=O)Nc3ccc(Cl)cc3)CC2)n(C2CC2)c1=O. The molecule has 1 aliphatic heterocycles. The first kappa shape index (κ1) is 17.1. The summed E-state index contributed by atoms with van der Waals surface area (Å²) in [7, 11) is 1.71. The second kappa shape index (κ2) is 6.79. The van der Waals surface area contributed by atoms with Gasteiger partial charge in [0.1, 0.15) is 5.82 Å². The van der Waals surface area contributed by atoms with Crippen LogP contribution in [0.1, 0.15) is 43.5 Å². The lowest BCUT2D eigenvalue weighted by atomic mass is 9.96. The molecule has 2 amide bonds. The van der Waals surface area contributed by atoms with Crippen LogP contribution in [0, 0.1) is 0 Å². The van der Waals surface area contributed by atoms with Crippen molar-refractivity contribution in [3.05, 3.63) is 45.6 Å². The topological polar surface area (TPSA) is 72.2 Å². The Balaban J connectivity index is 1.40. The van der Waals surface area contributed by atoms with Crippen molar-refractivity contribution in [3.8, 4) is 0 Å². The first-order chi connectivity index (χ1) is 12.5. The van der Waals surface area contributed by atoms with Gasteiger partial charge in [-0.25, -0.2) is 14.3 Å². The Kier molecular flexibility index (Phi) is 4.48. The van der Waals surface area contributed by atoms with Crippen LogP contribution in [-0.4, -0.2) is 38.4 Å². The number of nitrogens with zero attached hydrogens (tertiary/aromatic N) is 4. The number of aromatic nitrogens is 3. The molecule has 2 heterocycles. The van der Waals surface area contributed by atoms with Crippen LogP contribution >= 0.6 is 11.6 Å². The molecule has 1 saturated heterocycles. The van der Waals surface area contributed by atoms with E-state index in [0.717, 1.165) is 37.2 Å². The quantitative estimate of drug-likeness (QED) is 0.896. The molecule has 1 aromatic heterocycles. The Labute approximate surface area is 156 Å². The highest BCUT2D eigenvalue weighted by Gasteiger charge is 2.34. The van der Waals surface area contributed by atoms with Gasteiger partial charge in [-0.2, -0.15) is 5.10 Å². The van der Waals surface area contributed by atoms with Gasteiger partial charge in [0.05, 0.1) is 0 Å². The van der Waals surface area contributed by atoms with E-state index in [1.165, 1.54) is 4.68 Å². The van der Waals surface area contributed by atoms with E-state index in [1.807, 2.05) is 9.47 Å². The van der Waals surface area contributed by atoms with Crippen molar-refractivity contribution in [1.82, 2.24) is 19.2 Å². The van der Waals surface area contributed by atoms with E-state index in [0.29, 0.717) is 24.2 Å². The summed E-state index contributed by atoms with van der Waals surface area (Å²) >= 11 is 5.87. The van der Waals surface area contributed by atoms with Gasteiger partial charge in [-0.3, -0.25) is 4.57 Å². The minimum Gasteiger partial charge on any atom is -0.324 e. The fourth-order valence-electron chi connectivity index (χ4n) is 3.53. The van der Waals surface area contributed by atoms with Crippen molar-refractivity contribution in [2.75, 3.05) is 18.4 Å². The molecule has 26 heavy (non-hydrogen) atoms. The Morgan fingerprint density at radius 1 is 1.15 bits per heavy atom. The van der Waals surface area contributed by atoms with E-state index in [-0.39, 0.29) is 17.6 Å². The number of urea groups is 1. The monoisotopic (exact) mass is 375 g/mol. The highest BCUT2D eigenvalue weighted by molar-refractivity contribution is 6.30. The number of piperidine rings is 1. The van der Waals surface area contributed by atoms with E-state index in [9.17, 15) is 9.59 Å². The minimum absolute atomic E-state index is 0.0228. The van der Waals surface area contributed by atoms with Crippen LogP contribution in [0.3, 0.4) is 0 Å². The summed E-state index contributed by atoms with van der Waals surface area (Å²) < 4.78 is 3.31. The van der Waals surface area contributed by atoms with Gasteiger partial charge in [-0.05, 0) is 49.9 Å². The van der Waals surface area contributed by atoms with Crippen LogP contribution in [0.15, 0.2) is 29.1 Å². The molecule has 1 aromatic carbocycles. The van der Waals surface area contributed by atoms with Gasteiger partial charge in [0.25, 0.3) is 0 Å². The first-order valence-electron chi connectivity index (χ1n) is 9.00. The molecule has 0 unspecified atom stereocenters. The zero-order chi connectivity index (χ0) is 18.3. The second-order valence-electron chi connectivity index (χ2n) is 7.06. The lowest BCUT2D eigenvalue weighted by Gasteiger charge is -2.31. The lowest BCUT2D eigenvalue weighted by Crippen LogP contribution is -2.41. The largest absolute Gasteiger partial charge is 0.345 e. The number of likely N-dealkylation sites (tertiary alicyclic amines) is 1. The maximum atomic E-state index is 12.4.